The first-order valence-corrected chi connectivity index (χ1v) is 10.8. The van der Waals surface area contributed by atoms with Gasteiger partial charge in [-0.1, -0.05) is 47.6 Å². The largest absolute Gasteiger partial charge is 0.328 e. The van der Waals surface area contributed by atoms with Gasteiger partial charge in [0, 0.05) is 35.3 Å². The van der Waals surface area contributed by atoms with Crippen LogP contribution in [0.5, 0.6) is 0 Å². The van der Waals surface area contributed by atoms with Gasteiger partial charge >= 0.3 is 0 Å². The zero-order valence-electron chi connectivity index (χ0n) is 15.5. The Morgan fingerprint density at radius 2 is 2.03 bits per heavy atom. The summed E-state index contributed by atoms with van der Waals surface area (Å²) < 4.78 is 1.84. The Balaban J connectivity index is 1.51. The van der Waals surface area contributed by atoms with Gasteiger partial charge in [-0.2, -0.15) is 4.98 Å². The number of carbonyl (C=O) groups is 1. The second-order valence-corrected chi connectivity index (χ2v) is 8.38. The van der Waals surface area contributed by atoms with E-state index in [0.717, 1.165) is 28.3 Å². The molecular weight excluding hydrogens is 406 g/mol. The lowest BCUT2D eigenvalue weighted by Gasteiger charge is -2.36. The number of halogens is 1. The van der Waals surface area contributed by atoms with E-state index in [2.05, 4.69) is 21.4 Å². The number of fused-ring (bicyclic) bond motifs is 2. The Morgan fingerprint density at radius 3 is 2.86 bits per heavy atom. The molecule has 1 aliphatic carbocycles. The van der Waals surface area contributed by atoms with E-state index >= 15 is 0 Å². The third-order valence-corrected chi connectivity index (χ3v) is 6.50. The average molecular weight is 424 g/mol. The number of carbonyl (C=O) groups excluding carboxylic acids is 1. The summed E-state index contributed by atoms with van der Waals surface area (Å²) in [5.74, 6) is 1.28. The number of hydrogen-bond donors (Lipinski definition) is 1. The lowest BCUT2D eigenvalue weighted by Crippen LogP contribution is -2.38. The lowest BCUT2D eigenvalue weighted by molar-refractivity contribution is -0.123. The van der Waals surface area contributed by atoms with E-state index in [1.165, 1.54) is 11.8 Å². The number of thioether (sulfide) groups is 1. The van der Waals surface area contributed by atoms with Crippen molar-refractivity contribution in [3.63, 3.8) is 0 Å². The Hall–Kier alpha value is -2.64. The van der Waals surface area contributed by atoms with Crippen LogP contribution in [0, 0.1) is 5.92 Å². The molecule has 2 aromatic heterocycles. The van der Waals surface area contributed by atoms with Gasteiger partial charge in [0.1, 0.15) is 5.78 Å². The fourth-order valence-electron chi connectivity index (χ4n) is 3.87. The number of pyridine rings is 1. The van der Waals surface area contributed by atoms with Crippen LogP contribution in [0.4, 0.5) is 5.95 Å². The third-order valence-electron chi connectivity index (χ3n) is 5.25. The second kappa shape index (κ2) is 7.65. The molecule has 8 heteroatoms. The van der Waals surface area contributed by atoms with E-state index < -0.39 is 0 Å². The molecule has 1 N–H and O–H groups in total. The van der Waals surface area contributed by atoms with E-state index in [1.54, 1.807) is 12.4 Å². The van der Waals surface area contributed by atoms with Gasteiger partial charge in [-0.15, -0.1) is 5.10 Å². The van der Waals surface area contributed by atoms with Crippen molar-refractivity contribution >= 4 is 35.1 Å². The molecule has 2 unspecified atom stereocenters. The van der Waals surface area contributed by atoms with Crippen LogP contribution < -0.4 is 5.32 Å². The van der Waals surface area contributed by atoms with E-state index in [9.17, 15) is 4.79 Å². The van der Waals surface area contributed by atoms with Crippen LogP contribution in [-0.2, 0) is 10.5 Å². The molecule has 6 nitrogen and oxygen atoms in total. The van der Waals surface area contributed by atoms with Gasteiger partial charge in [0.05, 0.1) is 12.0 Å². The maximum Gasteiger partial charge on any atom is 0.227 e. The van der Waals surface area contributed by atoms with Gasteiger partial charge < -0.3 is 5.32 Å². The second-order valence-electron chi connectivity index (χ2n) is 7.04. The molecule has 5 rings (SSSR count). The normalized spacial score (nSPS) is 20.4. The molecule has 3 aromatic rings. The molecule has 0 saturated carbocycles. The molecule has 0 spiro atoms. The monoisotopic (exact) mass is 423 g/mol. The van der Waals surface area contributed by atoms with E-state index in [4.69, 9.17) is 16.7 Å². The van der Waals surface area contributed by atoms with Crippen LogP contribution in [0.3, 0.4) is 0 Å². The first-order valence-electron chi connectivity index (χ1n) is 9.43. The predicted octanol–water partition coefficient (Wildman–Crippen LogP) is 4.50. The summed E-state index contributed by atoms with van der Waals surface area (Å²) in [5.41, 5.74) is 2.96. The smallest absolute Gasteiger partial charge is 0.227 e. The molecule has 0 bridgehead atoms. The number of hydrogen-bond acceptors (Lipinski definition) is 6. The highest BCUT2D eigenvalue weighted by molar-refractivity contribution is 7.98. The fraction of sp³-hybridized carbons (Fsp3) is 0.238. The zero-order valence-corrected chi connectivity index (χ0v) is 17.0. The van der Waals surface area contributed by atoms with Crippen molar-refractivity contribution in [2.75, 3.05) is 5.32 Å². The third kappa shape index (κ3) is 3.45. The van der Waals surface area contributed by atoms with Crippen molar-refractivity contribution in [1.82, 2.24) is 19.7 Å². The molecule has 1 aliphatic heterocycles. The molecule has 146 valence electrons. The molecule has 0 amide bonds. The summed E-state index contributed by atoms with van der Waals surface area (Å²) >= 11 is 7.80. The molecule has 0 fully saturated rings. The topological polar surface area (TPSA) is 72.7 Å². The van der Waals surface area contributed by atoms with Crippen LogP contribution in [0.25, 0.3) is 0 Å². The first kappa shape index (κ1) is 18.4. The zero-order chi connectivity index (χ0) is 19.8. The highest BCUT2D eigenvalue weighted by Crippen LogP contribution is 2.42. The summed E-state index contributed by atoms with van der Waals surface area (Å²) in [5, 5.41) is 9.46. The quantitative estimate of drug-likeness (QED) is 0.623. The van der Waals surface area contributed by atoms with Crippen molar-refractivity contribution in [3.05, 3.63) is 76.7 Å². The highest BCUT2D eigenvalue weighted by atomic mass is 35.5. The van der Waals surface area contributed by atoms with Gasteiger partial charge in [-0.25, -0.2) is 4.68 Å². The molecule has 2 atom stereocenters. The number of benzene rings is 1. The number of rotatable bonds is 4. The molecule has 29 heavy (non-hydrogen) atoms. The Labute approximate surface area is 177 Å². The number of nitrogens with zero attached hydrogens (tertiary/aromatic N) is 4. The van der Waals surface area contributed by atoms with Crippen LogP contribution in [0.1, 0.15) is 30.0 Å². The van der Waals surface area contributed by atoms with Crippen LogP contribution in [-0.4, -0.2) is 25.5 Å². The minimum atomic E-state index is -0.276. The van der Waals surface area contributed by atoms with E-state index in [0.29, 0.717) is 23.3 Å². The van der Waals surface area contributed by atoms with Crippen molar-refractivity contribution in [1.29, 1.82) is 0 Å². The fourth-order valence-corrected chi connectivity index (χ4v) is 4.98. The molecule has 2 aliphatic rings. The average Bonchev–Trinajstić information content (AvgIpc) is 3.15. The maximum atomic E-state index is 12.8. The maximum absolute atomic E-state index is 12.8. The first-order chi connectivity index (χ1) is 14.2. The van der Waals surface area contributed by atoms with Crippen LogP contribution in [0.2, 0.25) is 5.02 Å². The molecule has 0 radical (unpaired) electrons. The van der Waals surface area contributed by atoms with E-state index in [1.807, 2.05) is 41.1 Å². The molecule has 3 heterocycles. The molecular formula is C21H18ClN5OS. The van der Waals surface area contributed by atoms with Crippen molar-refractivity contribution in [3.8, 4) is 0 Å². The number of allylic oxidation sites excluding steroid dienone is 2. The summed E-state index contributed by atoms with van der Waals surface area (Å²) in [7, 11) is 0. The summed E-state index contributed by atoms with van der Waals surface area (Å²) in [6, 6.07) is 11.4. The minimum Gasteiger partial charge on any atom is -0.328 e. The Morgan fingerprint density at radius 1 is 1.21 bits per heavy atom. The van der Waals surface area contributed by atoms with Gasteiger partial charge in [0.15, 0.2) is 0 Å². The Kier molecular flexibility index (Phi) is 4.85. The summed E-state index contributed by atoms with van der Waals surface area (Å²) in [6.45, 7) is 0. The van der Waals surface area contributed by atoms with Gasteiger partial charge in [-0.05, 0) is 35.7 Å². The SMILES string of the molecule is O=C1CCC=C2Nc3nc(SCc4ccccc4Cl)nn3C(c3ccncc3)C12. The van der Waals surface area contributed by atoms with Crippen LogP contribution >= 0.6 is 23.4 Å². The number of ketones is 1. The van der Waals surface area contributed by atoms with E-state index in [-0.39, 0.29) is 17.7 Å². The van der Waals surface area contributed by atoms with Crippen molar-refractivity contribution < 1.29 is 4.79 Å². The van der Waals surface area contributed by atoms with Gasteiger partial charge in [0.25, 0.3) is 0 Å². The van der Waals surface area contributed by atoms with Gasteiger partial charge in [-0.3, -0.25) is 9.78 Å². The summed E-state index contributed by atoms with van der Waals surface area (Å²) in [6.07, 6.45) is 6.91. The molecule has 1 aromatic carbocycles. The van der Waals surface area contributed by atoms with Crippen molar-refractivity contribution in [2.45, 2.75) is 29.8 Å². The number of anilines is 1. The number of aromatic nitrogens is 4. The lowest BCUT2D eigenvalue weighted by atomic mass is 9.81. The van der Waals surface area contributed by atoms with Crippen LogP contribution in [0.15, 0.2) is 65.7 Å². The van der Waals surface area contributed by atoms with Gasteiger partial charge in [0.2, 0.25) is 11.1 Å². The summed E-state index contributed by atoms with van der Waals surface area (Å²) in [4.78, 5) is 21.6. The number of Topliss-reactive ketones (excluding diaryl/α,β-unsaturated/α-hetero) is 1. The predicted molar refractivity (Wildman–Crippen MR) is 113 cm³/mol. The minimum absolute atomic E-state index is 0.225. The highest BCUT2D eigenvalue weighted by Gasteiger charge is 2.41. The Bertz CT molecular complexity index is 1100. The molecule has 0 saturated heterocycles. The standard InChI is InChI=1S/C21H18ClN5OS/c22-15-5-2-1-4-14(15)12-29-21-25-20-24-16-6-3-7-17(28)18(16)19(27(20)26-21)13-8-10-23-11-9-13/h1-2,4-6,8-11,18-19H,3,7,12H2,(H,24,25,26). The van der Waals surface area contributed by atoms with Crippen molar-refractivity contribution in [2.24, 2.45) is 5.92 Å². The number of nitrogens with one attached hydrogen (secondary N) is 1.